The fraction of sp³-hybridized carbons (Fsp3) is 0.562. The molecular weight excluding hydrogens is 570 g/mol. The number of rotatable bonds is 9. The van der Waals surface area contributed by atoms with Gasteiger partial charge in [0.25, 0.3) is 0 Å². The molecular formula is C32H44BrN3O4. The van der Waals surface area contributed by atoms with E-state index in [0.29, 0.717) is 19.0 Å². The maximum absolute atomic E-state index is 12.4. The van der Waals surface area contributed by atoms with Crippen molar-refractivity contribution in [2.75, 3.05) is 26.8 Å². The van der Waals surface area contributed by atoms with Gasteiger partial charge in [-0.3, -0.25) is 4.98 Å². The summed E-state index contributed by atoms with van der Waals surface area (Å²) in [6.07, 6.45) is 3.07. The first-order valence-corrected chi connectivity index (χ1v) is 15.0. The van der Waals surface area contributed by atoms with E-state index in [0.717, 1.165) is 51.9 Å². The molecule has 3 aromatic rings. The zero-order valence-corrected chi connectivity index (χ0v) is 26.8. The molecule has 2 aromatic heterocycles. The summed E-state index contributed by atoms with van der Waals surface area (Å²) < 4.78 is 14.7. The molecule has 1 aromatic carbocycles. The van der Waals surface area contributed by atoms with Crippen LogP contribution in [0, 0.1) is 11.3 Å². The topological polar surface area (TPSA) is 76.8 Å². The van der Waals surface area contributed by atoms with Gasteiger partial charge in [-0.2, -0.15) is 0 Å². The quantitative estimate of drug-likeness (QED) is 0.277. The van der Waals surface area contributed by atoms with Crippen molar-refractivity contribution in [2.45, 2.75) is 79.6 Å². The van der Waals surface area contributed by atoms with Crippen molar-refractivity contribution in [3.63, 3.8) is 0 Å². The lowest BCUT2D eigenvalue weighted by Crippen LogP contribution is -2.52. The predicted octanol–water partition coefficient (Wildman–Crippen LogP) is 7.16. The molecule has 4 rings (SSSR count). The van der Waals surface area contributed by atoms with Gasteiger partial charge in [0.15, 0.2) is 0 Å². The summed E-state index contributed by atoms with van der Waals surface area (Å²) in [5.74, 6) is 0.355. The van der Waals surface area contributed by atoms with Gasteiger partial charge in [-0.25, -0.2) is 4.79 Å². The average molecular weight is 615 g/mol. The highest BCUT2D eigenvalue weighted by molar-refractivity contribution is 9.10. The Balaban J connectivity index is 1.77. The molecule has 1 atom stereocenters. The predicted molar refractivity (Wildman–Crippen MR) is 164 cm³/mol. The first-order valence-electron chi connectivity index (χ1n) is 14.2. The molecule has 1 saturated heterocycles. The number of carbonyl (C=O) groups excluding carboxylic acids is 1. The summed E-state index contributed by atoms with van der Waals surface area (Å²) in [5, 5.41) is 11.4. The normalized spacial score (nSPS) is 15.4. The van der Waals surface area contributed by atoms with Gasteiger partial charge in [0, 0.05) is 60.5 Å². The molecule has 8 heteroatoms. The fourth-order valence-electron chi connectivity index (χ4n) is 5.51. The lowest BCUT2D eigenvalue weighted by Gasteiger charge is -2.40. The van der Waals surface area contributed by atoms with Crippen LogP contribution >= 0.6 is 15.9 Å². The highest BCUT2D eigenvalue weighted by Crippen LogP contribution is 2.41. The van der Waals surface area contributed by atoms with Crippen LogP contribution in [-0.4, -0.2) is 58.1 Å². The van der Waals surface area contributed by atoms with Crippen LogP contribution in [0.2, 0.25) is 0 Å². The van der Waals surface area contributed by atoms with Crippen LogP contribution in [-0.2, 0) is 28.9 Å². The van der Waals surface area contributed by atoms with E-state index in [9.17, 15) is 9.90 Å². The SMILES string of the molecule is CCn1c(-c2cc(CC3CN(C(=O)OC(C)(C)C)C3)cnc2[C@H](C)OC)c(CC(C)(C)CO)c2cc(Br)ccc21. The number of nitrogens with zero attached hydrogens (tertiary/aromatic N) is 3. The number of aliphatic hydroxyl groups is 1. The van der Waals surface area contributed by atoms with Crippen LogP contribution in [0.15, 0.2) is 34.9 Å². The molecule has 1 N–H and O–H groups in total. The number of likely N-dealkylation sites (tertiary alicyclic amines) is 1. The van der Waals surface area contributed by atoms with Crippen LogP contribution in [0.4, 0.5) is 4.79 Å². The summed E-state index contributed by atoms with van der Waals surface area (Å²) in [5.41, 5.74) is 5.82. The van der Waals surface area contributed by atoms with Crippen molar-refractivity contribution < 1.29 is 19.4 Å². The third kappa shape index (κ3) is 6.55. The van der Waals surface area contributed by atoms with Gasteiger partial charge < -0.3 is 24.0 Å². The average Bonchev–Trinajstić information content (AvgIpc) is 3.15. The number of aliphatic hydroxyl groups excluding tert-OH is 1. The number of ether oxygens (including phenoxy) is 2. The molecule has 40 heavy (non-hydrogen) atoms. The molecule has 7 nitrogen and oxygen atoms in total. The third-order valence-electron chi connectivity index (χ3n) is 7.63. The van der Waals surface area contributed by atoms with Gasteiger partial charge >= 0.3 is 6.09 Å². The highest BCUT2D eigenvalue weighted by atomic mass is 79.9. The number of aromatic nitrogens is 2. The number of halogens is 1. The number of aryl methyl sites for hydroxylation is 1. The molecule has 0 aliphatic carbocycles. The van der Waals surface area contributed by atoms with E-state index >= 15 is 0 Å². The zero-order valence-electron chi connectivity index (χ0n) is 25.2. The van der Waals surface area contributed by atoms with Crippen molar-refractivity contribution in [1.29, 1.82) is 0 Å². The Labute approximate surface area is 247 Å². The van der Waals surface area contributed by atoms with Gasteiger partial charge in [-0.1, -0.05) is 29.8 Å². The Hall–Kier alpha value is -2.42. The van der Waals surface area contributed by atoms with Crippen molar-refractivity contribution in [2.24, 2.45) is 11.3 Å². The number of benzene rings is 1. The molecule has 218 valence electrons. The smallest absolute Gasteiger partial charge is 0.410 e. The third-order valence-corrected chi connectivity index (χ3v) is 8.13. The number of amides is 1. The monoisotopic (exact) mass is 613 g/mol. The summed E-state index contributed by atoms with van der Waals surface area (Å²) in [6, 6.07) is 8.70. The van der Waals surface area contributed by atoms with Gasteiger partial charge in [-0.05, 0) is 94.2 Å². The number of methoxy groups -OCH3 is 1. The first kappa shape index (κ1) is 30.5. The maximum Gasteiger partial charge on any atom is 0.410 e. The van der Waals surface area contributed by atoms with Crippen LogP contribution in [0.3, 0.4) is 0 Å². The Morgan fingerprint density at radius 1 is 1.20 bits per heavy atom. The van der Waals surface area contributed by atoms with Crippen LogP contribution < -0.4 is 0 Å². The van der Waals surface area contributed by atoms with E-state index in [1.165, 1.54) is 10.9 Å². The number of carbonyl (C=O) groups is 1. The van der Waals surface area contributed by atoms with E-state index in [1.807, 2.05) is 33.9 Å². The van der Waals surface area contributed by atoms with Crippen molar-refractivity contribution in [3.05, 3.63) is 51.8 Å². The van der Waals surface area contributed by atoms with Gasteiger partial charge in [0.1, 0.15) is 5.60 Å². The Kier molecular flexibility index (Phi) is 9.03. The molecule has 0 saturated carbocycles. The minimum Gasteiger partial charge on any atom is -0.444 e. The maximum atomic E-state index is 12.4. The Morgan fingerprint density at radius 2 is 1.90 bits per heavy atom. The molecule has 1 aliphatic rings. The van der Waals surface area contributed by atoms with E-state index in [-0.39, 0.29) is 24.2 Å². The van der Waals surface area contributed by atoms with Crippen molar-refractivity contribution >= 4 is 32.9 Å². The fourth-order valence-corrected chi connectivity index (χ4v) is 5.87. The number of fused-ring (bicyclic) bond motifs is 1. The largest absolute Gasteiger partial charge is 0.444 e. The zero-order chi connectivity index (χ0) is 29.4. The molecule has 0 unspecified atom stereocenters. The van der Waals surface area contributed by atoms with E-state index in [4.69, 9.17) is 14.5 Å². The molecule has 3 heterocycles. The second-order valence-electron chi connectivity index (χ2n) is 12.8. The van der Waals surface area contributed by atoms with E-state index in [2.05, 4.69) is 65.5 Å². The van der Waals surface area contributed by atoms with E-state index in [1.54, 1.807) is 12.0 Å². The number of pyridine rings is 1. The highest BCUT2D eigenvalue weighted by Gasteiger charge is 2.34. The second kappa shape index (κ2) is 11.8. The minimum absolute atomic E-state index is 0.0920. The summed E-state index contributed by atoms with van der Waals surface area (Å²) in [6.45, 7) is 16.3. The molecule has 0 radical (unpaired) electrons. The minimum atomic E-state index is -0.496. The van der Waals surface area contributed by atoms with Crippen molar-refractivity contribution in [3.8, 4) is 11.3 Å². The van der Waals surface area contributed by atoms with E-state index < -0.39 is 5.60 Å². The molecule has 1 aliphatic heterocycles. The van der Waals surface area contributed by atoms with Crippen LogP contribution in [0.1, 0.15) is 71.4 Å². The summed E-state index contributed by atoms with van der Waals surface area (Å²) in [4.78, 5) is 19.2. The summed E-state index contributed by atoms with van der Waals surface area (Å²) >= 11 is 3.68. The molecule has 1 amide bonds. The van der Waals surface area contributed by atoms with Crippen molar-refractivity contribution in [1.82, 2.24) is 14.5 Å². The lowest BCUT2D eigenvalue weighted by molar-refractivity contribution is -0.000895. The molecule has 0 spiro atoms. The Bertz CT molecular complexity index is 1370. The number of hydrogen-bond donors (Lipinski definition) is 1. The van der Waals surface area contributed by atoms with Gasteiger partial charge in [-0.15, -0.1) is 0 Å². The second-order valence-corrected chi connectivity index (χ2v) is 13.8. The summed E-state index contributed by atoms with van der Waals surface area (Å²) in [7, 11) is 1.71. The number of hydrogen-bond acceptors (Lipinski definition) is 5. The molecule has 1 fully saturated rings. The van der Waals surface area contributed by atoms with Gasteiger partial charge in [0.2, 0.25) is 0 Å². The first-order chi connectivity index (χ1) is 18.8. The van der Waals surface area contributed by atoms with Crippen LogP contribution in [0.25, 0.3) is 22.2 Å². The van der Waals surface area contributed by atoms with Crippen LogP contribution in [0.5, 0.6) is 0 Å². The lowest BCUT2D eigenvalue weighted by atomic mass is 9.84. The Morgan fingerprint density at radius 3 is 2.50 bits per heavy atom. The van der Waals surface area contributed by atoms with Gasteiger partial charge in [0.05, 0.1) is 17.5 Å². The molecule has 0 bridgehead atoms. The standard InChI is InChI=1S/C32H44BrN3O4/c1-9-36-27-11-10-23(33)14-24(27)26(15-32(6,7)19-37)29(36)25-13-21(16-34-28(25)20(2)39-8)12-22-17-35(18-22)30(38)40-31(3,4)5/h10-11,13-14,16,20,22,37H,9,12,15,17-19H2,1-8H3/t20-/m0/s1.